The van der Waals surface area contributed by atoms with Gasteiger partial charge in [0.1, 0.15) is 0 Å². The zero-order valence-electron chi connectivity index (χ0n) is 19.0. The standard InChI is InChI=1S/C28H35ClN2O/c29-25-11-6-10-24(19-25)21-15-17-30(18-16-21)20-26-14-13-22-7-4-5-12-27(22)31(26)28(32)23-8-2-1-3-9-23/h4-7,10-12,19,21,23,26H,1-3,8-9,13-18,20H2. The van der Waals surface area contributed by atoms with Crippen LogP contribution in [0.2, 0.25) is 5.02 Å². The van der Waals surface area contributed by atoms with E-state index < -0.39 is 0 Å². The van der Waals surface area contributed by atoms with Crippen molar-refractivity contribution in [2.75, 3.05) is 24.5 Å². The molecule has 1 atom stereocenters. The van der Waals surface area contributed by atoms with Gasteiger partial charge in [0.2, 0.25) is 5.91 Å². The van der Waals surface area contributed by atoms with Crippen LogP contribution >= 0.6 is 11.6 Å². The van der Waals surface area contributed by atoms with Gasteiger partial charge in [-0.15, -0.1) is 0 Å². The van der Waals surface area contributed by atoms with Gasteiger partial charge in [0.05, 0.1) is 0 Å². The Morgan fingerprint density at radius 2 is 1.69 bits per heavy atom. The first kappa shape index (κ1) is 22.0. The molecule has 2 aliphatic heterocycles. The van der Waals surface area contributed by atoms with E-state index in [0.29, 0.717) is 17.9 Å². The summed E-state index contributed by atoms with van der Waals surface area (Å²) in [7, 11) is 0. The van der Waals surface area contributed by atoms with Crippen molar-refractivity contribution in [3.05, 3.63) is 64.7 Å². The molecule has 2 aromatic rings. The van der Waals surface area contributed by atoms with E-state index in [1.165, 1.54) is 48.9 Å². The lowest BCUT2D eigenvalue weighted by molar-refractivity contribution is -0.124. The van der Waals surface area contributed by atoms with E-state index in [0.717, 1.165) is 50.3 Å². The summed E-state index contributed by atoms with van der Waals surface area (Å²) < 4.78 is 0. The van der Waals surface area contributed by atoms with Gasteiger partial charge in [0, 0.05) is 29.2 Å². The van der Waals surface area contributed by atoms with E-state index in [4.69, 9.17) is 11.6 Å². The molecule has 0 spiro atoms. The van der Waals surface area contributed by atoms with Crippen LogP contribution in [0.4, 0.5) is 5.69 Å². The fraction of sp³-hybridized carbons (Fsp3) is 0.536. The Kier molecular flexibility index (Phi) is 6.85. The van der Waals surface area contributed by atoms with Crippen LogP contribution < -0.4 is 4.90 Å². The van der Waals surface area contributed by atoms with Crippen LogP contribution in [0.25, 0.3) is 0 Å². The van der Waals surface area contributed by atoms with E-state index in [2.05, 4.69) is 52.3 Å². The number of para-hydroxylation sites is 1. The molecule has 2 heterocycles. The van der Waals surface area contributed by atoms with Crippen molar-refractivity contribution >= 4 is 23.2 Å². The number of anilines is 1. The normalized spacial score (nSPS) is 23.2. The molecule has 3 nitrogen and oxygen atoms in total. The van der Waals surface area contributed by atoms with Gasteiger partial charge in [0.15, 0.2) is 0 Å². The van der Waals surface area contributed by atoms with Gasteiger partial charge in [-0.1, -0.05) is 61.2 Å². The zero-order valence-corrected chi connectivity index (χ0v) is 19.8. The molecule has 3 aliphatic rings. The summed E-state index contributed by atoms with van der Waals surface area (Å²) in [4.78, 5) is 18.5. The molecule has 5 rings (SSSR count). The van der Waals surface area contributed by atoms with Crippen LogP contribution in [-0.4, -0.2) is 36.5 Å². The highest BCUT2D eigenvalue weighted by Gasteiger charge is 2.36. The summed E-state index contributed by atoms with van der Waals surface area (Å²) in [5.41, 5.74) is 3.89. The molecule has 1 amide bonds. The molecule has 1 saturated heterocycles. The number of carbonyl (C=O) groups excluding carboxylic acids is 1. The third-order valence-electron chi connectivity index (χ3n) is 7.93. The van der Waals surface area contributed by atoms with Gasteiger partial charge >= 0.3 is 0 Å². The van der Waals surface area contributed by atoms with Crippen molar-refractivity contribution < 1.29 is 4.79 Å². The molecule has 32 heavy (non-hydrogen) atoms. The molecule has 0 N–H and O–H groups in total. The molecule has 1 aliphatic carbocycles. The monoisotopic (exact) mass is 450 g/mol. The number of aryl methyl sites for hydroxylation is 1. The quantitative estimate of drug-likeness (QED) is 0.534. The summed E-state index contributed by atoms with van der Waals surface area (Å²) in [5, 5.41) is 0.836. The maximum Gasteiger partial charge on any atom is 0.230 e. The number of amides is 1. The number of halogens is 1. The van der Waals surface area contributed by atoms with Crippen LogP contribution in [0.3, 0.4) is 0 Å². The predicted molar refractivity (Wildman–Crippen MR) is 132 cm³/mol. The number of likely N-dealkylation sites (tertiary alicyclic amines) is 1. The molecule has 2 fully saturated rings. The molecular formula is C28H35ClN2O. The minimum atomic E-state index is 0.214. The fourth-order valence-corrected chi connectivity index (χ4v) is 6.33. The van der Waals surface area contributed by atoms with E-state index >= 15 is 0 Å². The summed E-state index contributed by atoms with van der Waals surface area (Å²) in [6.07, 6.45) is 10.3. The number of carbonyl (C=O) groups is 1. The lowest BCUT2D eigenvalue weighted by Gasteiger charge is -2.43. The van der Waals surface area contributed by atoms with E-state index in [-0.39, 0.29) is 5.92 Å². The average molecular weight is 451 g/mol. The molecule has 0 aromatic heterocycles. The second-order valence-corrected chi connectivity index (χ2v) is 10.4. The number of hydrogen-bond donors (Lipinski definition) is 0. The molecule has 170 valence electrons. The van der Waals surface area contributed by atoms with Gasteiger partial charge in [-0.25, -0.2) is 0 Å². The highest BCUT2D eigenvalue weighted by molar-refractivity contribution is 6.30. The maximum atomic E-state index is 13.7. The first-order valence-corrected chi connectivity index (χ1v) is 13.0. The van der Waals surface area contributed by atoms with Crippen molar-refractivity contribution in [1.82, 2.24) is 4.90 Å². The van der Waals surface area contributed by atoms with Crippen molar-refractivity contribution in [3.8, 4) is 0 Å². The molecule has 0 bridgehead atoms. The van der Waals surface area contributed by atoms with Gasteiger partial charge in [-0.3, -0.25) is 4.79 Å². The largest absolute Gasteiger partial charge is 0.308 e. The van der Waals surface area contributed by atoms with E-state index in [1.807, 2.05) is 6.07 Å². The van der Waals surface area contributed by atoms with Crippen LogP contribution in [0.1, 0.15) is 68.4 Å². The highest BCUT2D eigenvalue weighted by Crippen LogP contribution is 2.36. The number of piperidine rings is 1. The Morgan fingerprint density at radius 1 is 0.906 bits per heavy atom. The van der Waals surface area contributed by atoms with Crippen molar-refractivity contribution in [2.24, 2.45) is 5.92 Å². The Morgan fingerprint density at radius 3 is 2.47 bits per heavy atom. The molecular weight excluding hydrogens is 416 g/mol. The Hall–Kier alpha value is -1.84. The number of nitrogens with zero attached hydrogens (tertiary/aromatic N) is 2. The molecule has 4 heteroatoms. The average Bonchev–Trinajstić information content (AvgIpc) is 2.84. The third-order valence-corrected chi connectivity index (χ3v) is 8.17. The zero-order chi connectivity index (χ0) is 21.9. The smallest absolute Gasteiger partial charge is 0.230 e. The Bertz CT molecular complexity index is 931. The fourth-order valence-electron chi connectivity index (χ4n) is 6.13. The molecule has 1 saturated carbocycles. The van der Waals surface area contributed by atoms with Crippen LogP contribution in [-0.2, 0) is 11.2 Å². The van der Waals surface area contributed by atoms with Crippen LogP contribution in [0.5, 0.6) is 0 Å². The second kappa shape index (κ2) is 9.97. The van der Waals surface area contributed by atoms with Crippen molar-refractivity contribution in [2.45, 2.75) is 69.7 Å². The maximum absolute atomic E-state index is 13.7. The van der Waals surface area contributed by atoms with Gasteiger partial charge in [-0.05, 0) is 86.9 Å². The number of rotatable bonds is 4. The lowest BCUT2D eigenvalue weighted by atomic mass is 9.85. The predicted octanol–water partition coefficient (Wildman–Crippen LogP) is 6.45. The van der Waals surface area contributed by atoms with E-state index in [9.17, 15) is 4.79 Å². The van der Waals surface area contributed by atoms with Crippen LogP contribution in [0, 0.1) is 5.92 Å². The molecule has 1 unspecified atom stereocenters. The van der Waals surface area contributed by atoms with Crippen LogP contribution in [0.15, 0.2) is 48.5 Å². The number of benzene rings is 2. The Labute approximate surface area is 197 Å². The highest BCUT2D eigenvalue weighted by atomic mass is 35.5. The molecule has 0 radical (unpaired) electrons. The van der Waals surface area contributed by atoms with Gasteiger partial charge < -0.3 is 9.80 Å². The first-order valence-electron chi connectivity index (χ1n) is 12.6. The lowest BCUT2D eigenvalue weighted by Crippen LogP contribution is -2.52. The van der Waals surface area contributed by atoms with Crippen molar-refractivity contribution in [1.29, 1.82) is 0 Å². The second-order valence-electron chi connectivity index (χ2n) is 9.99. The topological polar surface area (TPSA) is 23.6 Å². The summed E-state index contributed by atoms with van der Waals surface area (Å²) in [5.74, 6) is 1.19. The van der Waals surface area contributed by atoms with E-state index in [1.54, 1.807) is 0 Å². The Balaban J connectivity index is 1.28. The molecule has 2 aromatic carbocycles. The first-order chi connectivity index (χ1) is 15.7. The summed E-state index contributed by atoms with van der Waals surface area (Å²) >= 11 is 6.22. The van der Waals surface area contributed by atoms with Crippen molar-refractivity contribution in [3.63, 3.8) is 0 Å². The third kappa shape index (κ3) is 4.75. The minimum absolute atomic E-state index is 0.214. The SMILES string of the molecule is O=C(C1CCCCC1)N1c2ccccc2CCC1CN1CCC(c2cccc(Cl)c2)CC1. The van der Waals surface area contributed by atoms with Gasteiger partial charge in [-0.2, -0.15) is 0 Å². The summed E-state index contributed by atoms with van der Waals surface area (Å²) in [6, 6.07) is 17.3. The minimum Gasteiger partial charge on any atom is -0.308 e. The number of fused-ring (bicyclic) bond motifs is 1. The number of hydrogen-bond acceptors (Lipinski definition) is 2. The summed E-state index contributed by atoms with van der Waals surface area (Å²) in [6.45, 7) is 3.19. The van der Waals surface area contributed by atoms with Gasteiger partial charge in [0.25, 0.3) is 0 Å².